The fraction of sp³-hybridized carbons (Fsp3) is 0.438. The predicted molar refractivity (Wildman–Crippen MR) is 83.0 cm³/mol. The Morgan fingerprint density at radius 3 is 3.05 bits per heavy atom. The maximum absolute atomic E-state index is 5.76. The molecule has 1 aromatic heterocycles. The number of aromatic nitrogens is 2. The lowest BCUT2D eigenvalue weighted by Crippen LogP contribution is -2.44. The van der Waals surface area contributed by atoms with Crippen LogP contribution in [0, 0.1) is 0 Å². The molecule has 2 N–H and O–H groups in total. The van der Waals surface area contributed by atoms with E-state index in [0.717, 1.165) is 38.5 Å². The molecular weight excluding hydrogens is 264 g/mol. The van der Waals surface area contributed by atoms with Crippen LogP contribution in [0.5, 0.6) is 0 Å². The van der Waals surface area contributed by atoms with E-state index >= 15 is 0 Å². The van der Waals surface area contributed by atoms with Crippen LogP contribution in [0.15, 0.2) is 36.5 Å². The highest BCUT2D eigenvalue weighted by molar-refractivity contribution is 5.62. The summed E-state index contributed by atoms with van der Waals surface area (Å²) in [6, 6.07) is 10.3. The lowest BCUT2D eigenvalue weighted by Gasteiger charge is -2.30. The number of morpholine rings is 1. The molecule has 1 aliphatic heterocycles. The van der Waals surface area contributed by atoms with Crippen molar-refractivity contribution in [3.8, 4) is 11.3 Å². The van der Waals surface area contributed by atoms with Crippen LogP contribution < -0.4 is 5.32 Å². The highest BCUT2D eigenvalue weighted by Gasteiger charge is 2.17. The summed E-state index contributed by atoms with van der Waals surface area (Å²) in [4.78, 5) is 2.31. The lowest BCUT2D eigenvalue weighted by atomic mass is 10.1. The standard InChI is InChI=1S/C16H22N4O/c1-20-7-8-21-15(12-20)11-17-9-14-10-18-19-16(14)13-5-3-2-4-6-13/h2-6,10,15,17H,7-9,11-12H2,1H3,(H,18,19)/t15-/m1/s1. The van der Waals surface area contributed by atoms with E-state index in [1.807, 2.05) is 24.4 Å². The largest absolute Gasteiger partial charge is 0.374 e. The van der Waals surface area contributed by atoms with E-state index in [-0.39, 0.29) is 6.10 Å². The van der Waals surface area contributed by atoms with E-state index < -0.39 is 0 Å². The number of ether oxygens (including phenoxy) is 1. The summed E-state index contributed by atoms with van der Waals surface area (Å²) in [5.41, 5.74) is 3.44. The summed E-state index contributed by atoms with van der Waals surface area (Å²) in [7, 11) is 2.14. The van der Waals surface area contributed by atoms with Crippen molar-refractivity contribution in [2.45, 2.75) is 12.6 Å². The molecule has 0 amide bonds. The van der Waals surface area contributed by atoms with Gasteiger partial charge in [0.1, 0.15) is 0 Å². The van der Waals surface area contributed by atoms with Crippen molar-refractivity contribution in [1.29, 1.82) is 0 Å². The Balaban J connectivity index is 1.55. The van der Waals surface area contributed by atoms with Gasteiger partial charge in [-0.15, -0.1) is 0 Å². The van der Waals surface area contributed by atoms with Crippen molar-refractivity contribution in [2.75, 3.05) is 33.3 Å². The summed E-state index contributed by atoms with van der Waals surface area (Å²) in [6.45, 7) is 4.50. The quantitative estimate of drug-likeness (QED) is 0.874. The molecule has 5 heteroatoms. The van der Waals surface area contributed by atoms with Crippen molar-refractivity contribution in [2.24, 2.45) is 0 Å². The van der Waals surface area contributed by atoms with Crippen LogP contribution in [-0.2, 0) is 11.3 Å². The first-order valence-electron chi connectivity index (χ1n) is 7.41. The van der Waals surface area contributed by atoms with Gasteiger partial charge in [0.25, 0.3) is 0 Å². The minimum absolute atomic E-state index is 0.274. The first-order valence-corrected chi connectivity index (χ1v) is 7.41. The Kier molecular flexibility index (Phi) is 4.65. The summed E-state index contributed by atoms with van der Waals surface area (Å²) >= 11 is 0. The molecule has 2 aromatic rings. The molecule has 3 rings (SSSR count). The third-order valence-electron chi connectivity index (χ3n) is 3.81. The fourth-order valence-electron chi connectivity index (χ4n) is 2.66. The second-order valence-electron chi connectivity index (χ2n) is 5.52. The van der Waals surface area contributed by atoms with Gasteiger partial charge in [0, 0.05) is 31.7 Å². The molecule has 1 aromatic carbocycles. The van der Waals surface area contributed by atoms with Gasteiger partial charge in [-0.2, -0.15) is 5.10 Å². The molecule has 1 fully saturated rings. The Bertz CT molecular complexity index is 554. The number of aromatic amines is 1. The van der Waals surface area contributed by atoms with E-state index in [9.17, 15) is 0 Å². The van der Waals surface area contributed by atoms with Crippen molar-refractivity contribution in [1.82, 2.24) is 20.4 Å². The third kappa shape index (κ3) is 3.69. The van der Waals surface area contributed by atoms with Crippen LogP contribution in [0.4, 0.5) is 0 Å². The second-order valence-corrected chi connectivity index (χ2v) is 5.52. The average molecular weight is 286 g/mol. The van der Waals surface area contributed by atoms with Crippen molar-refractivity contribution < 1.29 is 4.74 Å². The number of rotatable bonds is 5. The van der Waals surface area contributed by atoms with Gasteiger partial charge in [-0.3, -0.25) is 5.10 Å². The molecule has 0 aliphatic carbocycles. The van der Waals surface area contributed by atoms with Crippen LogP contribution in [0.1, 0.15) is 5.56 Å². The van der Waals surface area contributed by atoms with E-state index in [1.165, 1.54) is 11.1 Å². The molecule has 0 spiro atoms. The van der Waals surface area contributed by atoms with Gasteiger partial charge >= 0.3 is 0 Å². The molecule has 1 saturated heterocycles. The zero-order chi connectivity index (χ0) is 14.5. The topological polar surface area (TPSA) is 53.2 Å². The number of nitrogens with one attached hydrogen (secondary N) is 2. The highest BCUT2D eigenvalue weighted by atomic mass is 16.5. The normalized spacial score (nSPS) is 19.8. The highest BCUT2D eigenvalue weighted by Crippen LogP contribution is 2.20. The average Bonchev–Trinajstić information content (AvgIpc) is 2.97. The summed E-state index contributed by atoms with van der Waals surface area (Å²) in [6.07, 6.45) is 2.17. The van der Waals surface area contributed by atoms with Crippen LogP contribution in [0.2, 0.25) is 0 Å². The predicted octanol–water partition coefficient (Wildman–Crippen LogP) is 1.50. The molecule has 0 unspecified atom stereocenters. The molecule has 5 nitrogen and oxygen atoms in total. The van der Waals surface area contributed by atoms with Crippen LogP contribution in [0.3, 0.4) is 0 Å². The number of nitrogens with zero attached hydrogens (tertiary/aromatic N) is 2. The van der Waals surface area contributed by atoms with Crippen LogP contribution in [0.25, 0.3) is 11.3 Å². The minimum atomic E-state index is 0.274. The maximum atomic E-state index is 5.76. The molecule has 112 valence electrons. The van der Waals surface area contributed by atoms with Gasteiger partial charge in [-0.1, -0.05) is 30.3 Å². The summed E-state index contributed by atoms with van der Waals surface area (Å²) in [5, 5.41) is 10.7. The number of benzene rings is 1. The first-order chi connectivity index (χ1) is 10.3. The Morgan fingerprint density at radius 1 is 1.38 bits per heavy atom. The van der Waals surface area contributed by atoms with Crippen molar-refractivity contribution >= 4 is 0 Å². The van der Waals surface area contributed by atoms with E-state index in [1.54, 1.807) is 0 Å². The number of hydrogen-bond acceptors (Lipinski definition) is 4. The van der Waals surface area contributed by atoms with Gasteiger partial charge in [0.2, 0.25) is 0 Å². The van der Waals surface area contributed by atoms with Gasteiger partial charge in [0.05, 0.1) is 24.6 Å². The van der Waals surface area contributed by atoms with E-state index in [2.05, 4.69) is 39.6 Å². The monoisotopic (exact) mass is 286 g/mol. The van der Waals surface area contributed by atoms with Crippen molar-refractivity contribution in [3.05, 3.63) is 42.1 Å². The lowest BCUT2D eigenvalue weighted by molar-refractivity contribution is -0.0182. The zero-order valence-corrected chi connectivity index (χ0v) is 12.4. The Labute approximate surface area is 125 Å². The van der Waals surface area contributed by atoms with Gasteiger partial charge in [-0.25, -0.2) is 0 Å². The molecular formula is C16H22N4O. The Hall–Kier alpha value is -1.69. The number of likely N-dealkylation sites (N-methyl/N-ethyl adjacent to an activating group) is 1. The van der Waals surface area contributed by atoms with Crippen LogP contribution >= 0.6 is 0 Å². The molecule has 2 heterocycles. The second kappa shape index (κ2) is 6.85. The number of hydrogen-bond donors (Lipinski definition) is 2. The van der Waals surface area contributed by atoms with Gasteiger partial charge in [0.15, 0.2) is 0 Å². The molecule has 1 aliphatic rings. The zero-order valence-electron chi connectivity index (χ0n) is 12.4. The van der Waals surface area contributed by atoms with Crippen molar-refractivity contribution in [3.63, 3.8) is 0 Å². The first kappa shape index (κ1) is 14.3. The molecule has 0 bridgehead atoms. The summed E-state index contributed by atoms with van der Waals surface area (Å²) < 4.78 is 5.76. The molecule has 1 atom stereocenters. The smallest absolute Gasteiger partial charge is 0.0826 e. The minimum Gasteiger partial charge on any atom is -0.374 e. The third-order valence-corrected chi connectivity index (χ3v) is 3.81. The maximum Gasteiger partial charge on any atom is 0.0826 e. The fourth-order valence-corrected chi connectivity index (χ4v) is 2.66. The number of H-pyrrole nitrogens is 1. The molecule has 21 heavy (non-hydrogen) atoms. The van der Waals surface area contributed by atoms with Crippen LogP contribution in [-0.4, -0.2) is 54.5 Å². The molecule has 0 radical (unpaired) electrons. The summed E-state index contributed by atoms with van der Waals surface area (Å²) in [5.74, 6) is 0. The van der Waals surface area contributed by atoms with E-state index in [4.69, 9.17) is 4.74 Å². The SMILES string of the molecule is CN1CCO[C@H](CNCc2cn[nH]c2-c2ccccc2)C1. The van der Waals surface area contributed by atoms with E-state index in [0.29, 0.717) is 0 Å². The van der Waals surface area contributed by atoms with Gasteiger partial charge < -0.3 is 15.0 Å². The molecule has 0 saturated carbocycles. The Morgan fingerprint density at radius 2 is 2.24 bits per heavy atom. The van der Waals surface area contributed by atoms with Gasteiger partial charge in [-0.05, 0) is 12.6 Å².